The van der Waals surface area contributed by atoms with Crippen molar-refractivity contribution in [2.24, 2.45) is 12.1 Å². The van der Waals surface area contributed by atoms with Gasteiger partial charge in [-0.3, -0.25) is 0 Å². The number of para-hydroxylation sites is 1. The number of rotatable bonds is 8. The van der Waals surface area contributed by atoms with Gasteiger partial charge in [0, 0.05) is 41.4 Å². The van der Waals surface area contributed by atoms with Gasteiger partial charge in [0.05, 0.1) is 17.1 Å². The Bertz CT molecular complexity index is 2130. The zero-order valence-corrected chi connectivity index (χ0v) is 26.7. The van der Waals surface area contributed by atoms with Gasteiger partial charge in [-0.15, -0.1) is 0 Å². The molecule has 0 bridgehead atoms. The van der Waals surface area contributed by atoms with E-state index in [1.54, 1.807) is 0 Å². The van der Waals surface area contributed by atoms with Gasteiger partial charge in [-0.05, 0) is 42.8 Å². The van der Waals surface area contributed by atoms with Crippen LogP contribution >= 0.6 is 0 Å². The van der Waals surface area contributed by atoms with Crippen molar-refractivity contribution in [1.82, 2.24) is 9.55 Å². The molecule has 0 unspecified atom stereocenters. The monoisotopic (exact) mass is 625 g/mol. The standard InChI is InChI=1S/C42H35N5O/c1-45-40(32-18-8-3-9-19-32)39(31-16-6-2-7-17-31)43-41(45)34-22-14-26-37(28-34)48-38-27-15-25-36(29-38)47-30-46(35-23-12-5-13-24-35)42(44-47)33-20-10-4-11-21-33/h2-16,18-29,31H,17,30H2,1H3/t31-/m1/s1. The molecule has 5 aromatic carbocycles. The first-order valence-corrected chi connectivity index (χ1v) is 16.3. The van der Waals surface area contributed by atoms with Crippen molar-refractivity contribution >= 4 is 17.2 Å². The Kier molecular flexibility index (Phi) is 7.89. The van der Waals surface area contributed by atoms with Crippen LogP contribution in [0.1, 0.15) is 23.6 Å². The van der Waals surface area contributed by atoms with Gasteiger partial charge in [0.25, 0.3) is 0 Å². The maximum atomic E-state index is 6.50. The Balaban J connectivity index is 1.09. The van der Waals surface area contributed by atoms with Gasteiger partial charge in [0.1, 0.15) is 24.0 Å². The molecule has 1 aliphatic heterocycles. The molecule has 0 amide bonds. The average molecular weight is 626 g/mol. The van der Waals surface area contributed by atoms with Gasteiger partial charge >= 0.3 is 0 Å². The van der Waals surface area contributed by atoms with Gasteiger partial charge in [-0.2, -0.15) is 5.10 Å². The third-order valence-electron chi connectivity index (χ3n) is 8.79. The van der Waals surface area contributed by atoms with Crippen LogP contribution in [0.3, 0.4) is 0 Å². The quantitative estimate of drug-likeness (QED) is 0.169. The van der Waals surface area contributed by atoms with Crippen molar-refractivity contribution in [3.8, 4) is 34.1 Å². The van der Waals surface area contributed by atoms with Crippen LogP contribution in [0.15, 0.2) is 169 Å². The van der Waals surface area contributed by atoms with Crippen LogP contribution in [0.5, 0.6) is 11.5 Å². The topological polar surface area (TPSA) is 45.9 Å². The van der Waals surface area contributed by atoms with Gasteiger partial charge in [0.2, 0.25) is 0 Å². The van der Waals surface area contributed by atoms with Gasteiger partial charge in [-0.25, -0.2) is 9.99 Å². The fraction of sp³-hybridized carbons (Fsp3) is 0.0952. The molecular weight excluding hydrogens is 590 g/mol. The molecule has 6 heteroatoms. The summed E-state index contributed by atoms with van der Waals surface area (Å²) in [5.74, 6) is 3.53. The Morgan fingerprint density at radius 1 is 0.646 bits per heavy atom. The SMILES string of the molecule is Cn1c(-c2cccc(Oc3cccc(N4CN(c5ccccc5)C(c5ccccc5)=N4)c3)c2)nc([C@@H]2C=CC=CC2)c1-c1ccccc1. The van der Waals surface area contributed by atoms with Crippen molar-refractivity contribution < 1.29 is 4.74 Å². The Hall–Kier alpha value is -6.14. The van der Waals surface area contributed by atoms with E-state index in [1.807, 2.05) is 59.6 Å². The maximum Gasteiger partial charge on any atom is 0.162 e. The predicted molar refractivity (Wildman–Crippen MR) is 195 cm³/mol. The Morgan fingerprint density at radius 3 is 2.02 bits per heavy atom. The first-order valence-electron chi connectivity index (χ1n) is 16.3. The molecule has 0 saturated heterocycles. The molecule has 6 nitrogen and oxygen atoms in total. The third kappa shape index (κ3) is 5.80. The number of hydrazone groups is 1. The minimum absolute atomic E-state index is 0.223. The highest BCUT2D eigenvalue weighted by molar-refractivity contribution is 6.12. The van der Waals surface area contributed by atoms with Crippen molar-refractivity contribution in [3.05, 3.63) is 175 Å². The molecule has 0 N–H and O–H groups in total. The van der Waals surface area contributed by atoms with Gasteiger partial charge in [-0.1, -0.05) is 121 Å². The summed E-state index contributed by atoms with van der Waals surface area (Å²) >= 11 is 0. The van der Waals surface area contributed by atoms with Crippen molar-refractivity contribution in [1.29, 1.82) is 0 Å². The number of anilines is 2. The average Bonchev–Trinajstić information content (AvgIpc) is 3.76. The largest absolute Gasteiger partial charge is 0.457 e. The predicted octanol–water partition coefficient (Wildman–Crippen LogP) is 9.79. The smallest absolute Gasteiger partial charge is 0.162 e. The molecule has 0 radical (unpaired) electrons. The molecule has 1 aromatic heterocycles. The summed E-state index contributed by atoms with van der Waals surface area (Å²) in [7, 11) is 2.10. The van der Waals surface area contributed by atoms with Crippen LogP contribution in [-0.4, -0.2) is 22.1 Å². The summed E-state index contributed by atoms with van der Waals surface area (Å²) in [6.07, 6.45) is 9.62. The number of ether oxygens (including phenoxy) is 1. The zero-order chi connectivity index (χ0) is 32.3. The minimum Gasteiger partial charge on any atom is -0.457 e. The summed E-state index contributed by atoms with van der Waals surface area (Å²) in [6, 6.07) is 47.5. The molecule has 0 saturated carbocycles. The lowest BCUT2D eigenvalue weighted by Crippen LogP contribution is -2.31. The van der Waals surface area contributed by atoms with Crippen molar-refractivity contribution in [2.75, 3.05) is 16.6 Å². The third-order valence-corrected chi connectivity index (χ3v) is 8.79. The van der Waals surface area contributed by atoms with E-state index in [0.29, 0.717) is 6.67 Å². The second kappa shape index (κ2) is 12.9. The van der Waals surface area contributed by atoms with Crippen LogP contribution in [-0.2, 0) is 7.05 Å². The molecule has 48 heavy (non-hydrogen) atoms. The van der Waals surface area contributed by atoms with Crippen molar-refractivity contribution in [3.63, 3.8) is 0 Å². The first-order chi connectivity index (χ1) is 23.7. The van der Waals surface area contributed by atoms with E-state index in [9.17, 15) is 0 Å². The number of imidazole rings is 1. The normalized spacial score (nSPS) is 15.5. The van der Waals surface area contributed by atoms with E-state index in [-0.39, 0.29) is 5.92 Å². The maximum absolute atomic E-state index is 6.50. The van der Waals surface area contributed by atoms with Crippen LogP contribution in [0.25, 0.3) is 22.6 Å². The summed E-state index contributed by atoms with van der Waals surface area (Å²) in [4.78, 5) is 7.49. The molecule has 0 spiro atoms. The molecule has 6 aromatic rings. The van der Waals surface area contributed by atoms with E-state index in [1.165, 1.54) is 0 Å². The lowest BCUT2D eigenvalue weighted by atomic mass is 9.94. The fourth-order valence-electron chi connectivity index (χ4n) is 6.45. The van der Waals surface area contributed by atoms with E-state index in [0.717, 1.165) is 69.0 Å². The van der Waals surface area contributed by atoms with Crippen LogP contribution in [0.2, 0.25) is 0 Å². The van der Waals surface area contributed by atoms with E-state index >= 15 is 0 Å². The van der Waals surface area contributed by atoms with Crippen LogP contribution in [0, 0.1) is 0 Å². The summed E-state index contributed by atoms with van der Waals surface area (Å²) in [6.45, 7) is 0.588. The van der Waals surface area contributed by atoms with Crippen molar-refractivity contribution in [2.45, 2.75) is 12.3 Å². The highest BCUT2D eigenvalue weighted by Crippen LogP contribution is 2.38. The lowest BCUT2D eigenvalue weighted by Gasteiger charge is -2.22. The van der Waals surface area contributed by atoms with E-state index in [4.69, 9.17) is 14.8 Å². The number of hydrogen-bond donors (Lipinski definition) is 0. The number of allylic oxidation sites excluding steroid dienone is 4. The fourth-order valence-corrected chi connectivity index (χ4v) is 6.45. The number of hydrogen-bond acceptors (Lipinski definition) is 5. The zero-order valence-electron chi connectivity index (χ0n) is 26.7. The number of nitrogens with zero attached hydrogens (tertiary/aromatic N) is 5. The molecule has 2 aliphatic rings. The highest BCUT2D eigenvalue weighted by Gasteiger charge is 2.27. The van der Waals surface area contributed by atoms with Gasteiger partial charge < -0.3 is 14.2 Å². The van der Waals surface area contributed by atoms with E-state index < -0.39 is 0 Å². The van der Waals surface area contributed by atoms with Gasteiger partial charge in [0.15, 0.2) is 5.84 Å². The molecule has 0 fully saturated rings. The number of amidine groups is 1. The molecule has 1 atom stereocenters. The Labute approximate surface area is 281 Å². The second-order valence-corrected chi connectivity index (χ2v) is 12.0. The van der Waals surface area contributed by atoms with Crippen LogP contribution in [0.4, 0.5) is 11.4 Å². The molecule has 1 aliphatic carbocycles. The second-order valence-electron chi connectivity index (χ2n) is 12.0. The summed E-state index contributed by atoms with van der Waals surface area (Å²) < 4.78 is 8.71. The minimum atomic E-state index is 0.223. The summed E-state index contributed by atoms with van der Waals surface area (Å²) in [5, 5.41) is 7.09. The van der Waals surface area contributed by atoms with Crippen LogP contribution < -0.4 is 14.6 Å². The van der Waals surface area contributed by atoms with E-state index in [2.05, 4.69) is 126 Å². The highest BCUT2D eigenvalue weighted by atomic mass is 16.5. The first kappa shape index (κ1) is 29.3. The number of benzene rings is 5. The molecule has 2 heterocycles. The molecular formula is C42H35N5O. The molecule has 8 rings (SSSR count). The Morgan fingerprint density at radius 2 is 1.29 bits per heavy atom. The lowest BCUT2D eigenvalue weighted by molar-refractivity contribution is 0.483. The summed E-state index contributed by atoms with van der Waals surface area (Å²) in [5.41, 5.74) is 7.50. The number of aromatic nitrogens is 2. The molecule has 234 valence electrons.